The molecule has 0 atom stereocenters. The zero-order valence-corrected chi connectivity index (χ0v) is 11.5. The van der Waals surface area contributed by atoms with Crippen LogP contribution < -0.4 is 5.32 Å². The third-order valence-electron chi connectivity index (χ3n) is 3.18. The van der Waals surface area contributed by atoms with E-state index in [1.807, 2.05) is 26.4 Å². The third-order valence-corrected chi connectivity index (χ3v) is 3.18. The predicted molar refractivity (Wildman–Crippen MR) is 73.0 cm³/mol. The largest absolute Gasteiger partial charge is 0.313 e. The Labute approximate surface area is 108 Å². The number of rotatable bonds is 4. The van der Waals surface area contributed by atoms with E-state index < -0.39 is 0 Å². The average molecular weight is 244 g/mol. The molecule has 18 heavy (non-hydrogen) atoms. The van der Waals surface area contributed by atoms with Gasteiger partial charge in [0.05, 0.1) is 17.7 Å². The number of imidazole rings is 1. The lowest BCUT2D eigenvalue weighted by Gasteiger charge is -2.13. The molecule has 0 saturated heterocycles. The molecule has 1 N–H and O–H groups in total. The van der Waals surface area contributed by atoms with Crippen molar-refractivity contribution in [1.82, 2.24) is 19.9 Å². The minimum Gasteiger partial charge on any atom is -0.313 e. The smallest absolute Gasteiger partial charge is 0.0997 e. The zero-order valence-electron chi connectivity index (χ0n) is 11.5. The van der Waals surface area contributed by atoms with E-state index in [1.165, 1.54) is 16.9 Å². The Kier molecular flexibility index (Phi) is 3.77. The number of aromatic nitrogens is 3. The van der Waals surface area contributed by atoms with Crippen LogP contribution in [0.3, 0.4) is 0 Å². The molecule has 0 spiro atoms. The Morgan fingerprint density at radius 2 is 2.00 bits per heavy atom. The summed E-state index contributed by atoms with van der Waals surface area (Å²) in [7, 11) is 0. The number of nitrogens with one attached hydrogen (secondary N) is 1. The van der Waals surface area contributed by atoms with Gasteiger partial charge in [-0.15, -0.1) is 0 Å². The van der Waals surface area contributed by atoms with E-state index in [-0.39, 0.29) is 0 Å². The van der Waals surface area contributed by atoms with E-state index in [1.54, 1.807) is 0 Å². The van der Waals surface area contributed by atoms with Crippen molar-refractivity contribution in [3.05, 3.63) is 41.2 Å². The van der Waals surface area contributed by atoms with Gasteiger partial charge >= 0.3 is 0 Å². The molecule has 0 aliphatic carbocycles. The molecule has 0 bridgehead atoms. The van der Waals surface area contributed by atoms with Crippen LogP contribution in [0.4, 0.5) is 0 Å². The first-order valence-electron chi connectivity index (χ1n) is 6.30. The van der Waals surface area contributed by atoms with E-state index in [0.717, 1.165) is 24.5 Å². The number of nitrogens with zero attached hydrogens (tertiary/aromatic N) is 3. The summed E-state index contributed by atoms with van der Waals surface area (Å²) in [5, 5.41) is 3.35. The minimum atomic E-state index is 0.829. The van der Waals surface area contributed by atoms with Gasteiger partial charge in [-0.1, -0.05) is 6.92 Å². The van der Waals surface area contributed by atoms with E-state index >= 15 is 0 Å². The highest BCUT2D eigenvalue weighted by molar-refractivity contribution is 5.42. The van der Waals surface area contributed by atoms with Crippen LogP contribution in [0, 0.1) is 20.8 Å². The van der Waals surface area contributed by atoms with Crippen molar-refractivity contribution in [3.63, 3.8) is 0 Å². The third kappa shape index (κ3) is 2.43. The molecule has 2 rings (SSSR count). The molecule has 0 radical (unpaired) electrons. The number of aryl methyl sites for hydroxylation is 2. The van der Waals surface area contributed by atoms with Gasteiger partial charge in [0.1, 0.15) is 0 Å². The van der Waals surface area contributed by atoms with E-state index in [4.69, 9.17) is 0 Å². The van der Waals surface area contributed by atoms with E-state index in [9.17, 15) is 0 Å². The standard InChI is InChI=1S/C14H20N4/c1-5-15-7-13-8-16-10(2)6-14(13)18-9-17-11(3)12(18)4/h6,8-9,15H,5,7H2,1-4H3. The normalized spacial score (nSPS) is 10.9. The number of pyridine rings is 1. The van der Waals surface area contributed by atoms with Crippen molar-refractivity contribution in [1.29, 1.82) is 0 Å². The van der Waals surface area contributed by atoms with Gasteiger partial charge in [0, 0.05) is 29.7 Å². The van der Waals surface area contributed by atoms with Gasteiger partial charge < -0.3 is 9.88 Å². The second-order valence-corrected chi connectivity index (χ2v) is 4.52. The second kappa shape index (κ2) is 5.31. The van der Waals surface area contributed by atoms with Crippen molar-refractivity contribution in [2.75, 3.05) is 6.54 Å². The fourth-order valence-corrected chi connectivity index (χ4v) is 1.94. The molecule has 96 valence electrons. The summed E-state index contributed by atoms with van der Waals surface area (Å²) in [6.07, 6.45) is 3.83. The van der Waals surface area contributed by atoms with Gasteiger partial charge in [0.25, 0.3) is 0 Å². The van der Waals surface area contributed by atoms with Crippen LogP contribution in [-0.4, -0.2) is 21.1 Å². The maximum absolute atomic E-state index is 4.38. The molecule has 0 aliphatic rings. The molecular weight excluding hydrogens is 224 g/mol. The van der Waals surface area contributed by atoms with Crippen molar-refractivity contribution in [3.8, 4) is 5.69 Å². The van der Waals surface area contributed by atoms with Crippen LogP contribution in [0.5, 0.6) is 0 Å². The Morgan fingerprint density at radius 1 is 1.22 bits per heavy atom. The van der Waals surface area contributed by atoms with Crippen molar-refractivity contribution >= 4 is 0 Å². The highest BCUT2D eigenvalue weighted by atomic mass is 15.1. The van der Waals surface area contributed by atoms with Crippen molar-refractivity contribution in [2.45, 2.75) is 34.2 Å². The first kappa shape index (κ1) is 12.8. The molecule has 4 nitrogen and oxygen atoms in total. The summed E-state index contributed by atoms with van der Waals surface area (Å²) in [5.41, 5.74) is 5.64. The van der Waals surface area contributed by atoms with Crippen molar-refractivity contribution in [2.24, 2.45) is 0 Å². The summed E-state index contributed by atoms with van der Waals surface area (Å²) in [6, 6.07) is 2.11. The molecular formula is C14H20N4. The summed E-state index contributed by atoms with van der Waals surface area (Å²) in [6.45, 7) is 10.0. The van der Waals surface area contributed by atoms with Crippen LogP contribution in [0.15, 0.2) is 18.6 Å². The molecule has 2 aromatic rings. The Hall–Kier alpha value is -1.68. The topological polar surface area (TPSA) is 42.7 Å². The van der Waals surface area contributed by atoms with Gasteiger partial charge in [-0.3, -0.25) is 4.98 Å². The maximum Gasteiger partial charge on any atom is 0.0997 e. The second-order valence-electron chi connectivity index (χ2n) is 4.52. The fourth-order valence-electron chi connectivity index (χ4n) is 1.94. The summed E-state index contributed by atoms with van der Waals surface area (Å²) in [4.78, 5) is 8.75. The molecule has 2 aromatic heterocycles. The lowest BCUT2D eigenvalue weighted by Crippen LogP contribution is -2.14. The molecule has 0 fully saturated rings. The Bertz CT molecular complexity index is 543. The fraction of sp³-hybridized carbons (Fsp3) is 0.429. The molecule has 0 saturated carbocycles. The first-order chi connectivity index (χ1) is 8.63. The molecule has 0 aliphatic heterocycles. The Morgan fingerprint density at radius 3 is 2.61 bits per heavy atom. The van der Waals surface area contributed by atoms with Crippen LogP contribution >= 0.6 is 0 Å². The Balaban J connectivity index is 2.47. The summed E-state index contributed by atoms with van der Waals surface area (Å²) >= 11 is 0. The lowest BCUT2D eigenvalue weighted by molar-refractivity contribution is 0.718. The maximum atomic E-state index is 4.38. The van der Waals surface area contributed by atoms with Crippen LogP contribution in [0.2, 0.25) is 0 Å². The van der Waals surface area contributed by atoms with Crippen LogP contribution in [-0.2, 0) is 6.54 Å². The van der Waals surface area contributed by atoms with E-state index in [0.29, 0.717) is 0 Å². The number of hydrogen-bond acceptors (Lipinski definition) is 3. The van der Waals surface area contributed by atoms with Gasteiger partial charge in [-0.25, -0.2) is 4.98 Å². The highest BCUT2D eigenvalue weighted by Gasteiger charge is 2.09. The van der Waals surface area contributed by atoms with E-state index in [2.05, 4.69) is 39.8 Å². The van der Waals surface area contributed by atoms with Crippen LogP contribution in [0.25, 0.3) is 5.69 Å². The predicted octanol–water partition coefficient (Wildman–Crippen LogP) is 2.30. The van der Waals surface area contributed by atoms with Gasteiger partial charge in [-0.2, -0.15) is 0 Å². The van der Waals surface area contributed by atoms with Crippen molar-refractivity contribution < 1.29 is 0 Å². The zero-order chi connectivity index (χ0) is 13.1. The monoisotopic (exact) mass is 244 g/mol. The lowest BCUT2D eigenvalue weighted by atomic mass is 10.2. The summed E-state index contributed by atoms with van der Waals surface area (Å²) in [5.74, 6) is 0. The quantitative estimate of drug-likeness (QED) is 0.897. The molecule has 4 heteroatoms. The first-order valence-corrected chi connectivity index (χ1v) is 6.30. The minimum absolute atomic E-state index is 0.829. The van der Waals surface area contributed by atoms with Gasteiger partial charge in [-0.05, 0) is 33.4 Å². The summed E-state index contributed by atoms with van der Waals surface area (Å²) < 4.78 is 2.14. The SMILES string of the molecule is CCNCc1cnc(C)cc1-n1cnc(C)c1C. The highest BCUT2D eigenvalue weighted by Crippen LogP contribution is 2.18. The number of hydrogen-bond donors (Lipinski definition) is 1. The molecule has 0 aromatic carbocycles. The average Bonchev–Trinajstić information content (AvgIpc) is 2.68. The van der Waals surface area contributed by atoms with Crippen LogP contribution in [0.1, 0.15) is 29.6 Å². The molecule has 0 amide bonds. The van der Waals surface area contributed by atoms with Gasteiger partial charge in [0.15, 0.2) is 0 Å². The molecule has 2 heterocycles. The molecule has 0 unspecified atom stereocenters. The van der Waals surface area contributed by atoms with Gasteiger partial charge in [0.2, 0.25) is 0 Å².